The molecule has 2 rings (SSSR count). The number of nitrogens with one attached hydrogen (secondary N) is 1. The van der Waals surface area contributed by atoms with Crippen molar-refractivity contribution in [1.29, 1.82) is 0 Å². The van der Waals surface area contributed by atoms with Gasteiger partial charge in [0.15, 0.2) is 0 Å². The zero-order chi connectivity index (χ0) is 18.3. The standard InChI is InChI=1S/C19H31N3O2S/c1-19(2,3)20-17(23)15-21-10-6-11-22(13-12-21)18(24)9-4-7-16-8-5-14-25-16/h5,8,14H,4,6-7,9-13,15H2,1-3H3,(H,20,23). The molecular formula is C19H31N3O2S. The number of hydrogen-bond acceptors (Lipinski definition) is 4. The SMILES string of the molecule is CC(C)(C)NC(=O)CN1CCCN(C(=O)CCCc2cccs2)CC1. The van der Waals surface area contributed by atoms with Gasteiger partial charge in [-0.25, -0.2) is 0 Å². The highest BCUT2D eigenvalue weighted by atomic mass is 32.1. The minimum Gasteiger partial charge on any atom is -0.350 e. The summed E-state index contributed by atoms with van der Waals surface area (Å²) in [6, 6.07) is 4.18. The number of nitrogens with zero attached hydrogens (tertiary/aromatic N) is 2. The molecule has 0 saturated carbocycles. The van der Waals surface area contributed by atoms with Crippen molar-refractivity contribution in [1.82, 2.24) is 15.1 Å². The molecule has 25 heavy (non-hydrogen) atoms. The first-order chi connectivity index (χ1) is 11.8. The predicted molar refractivity (Wildman–Crippen MR) is 103 cm³/mol. The molecular weight excluding hydrogens is 334 g/mol. The molecule has 2 amide bonds. The fourth-order valence-electron chi connectivity index (χ4n) is 3.07. The van der Waals surface area contributed by atoms with E-state index in [0.717, 1.165) is 45.4 Å². The van der Waals surface area contributed by atoms with Crippen molar-refractivity contribution in [2.75, 3.05) is 32.7 Å². The number of rotatable bonds is 6. The summed E-state index contributed by atoms with van der Waals surface area (Å²) < 4.78 is 0. The molecule has 0 unspecified atom stereocenters. The Morgan fingerprint density at radius 3 is 2.68 bits per heavy atom. The minimum atomic E-state index is -0.201. The lowest BCUT2D eigenvalue weighted by atomic mass is 10.1. The van der Waals surface area contributed by atoms with Crippen LogP contribution in [0, 0.1) is 0 Å². The summed E-state index contributed by atoms with van der Waals surface area (Å²) >= 11 is 1.75. The van der Waals surface area contributed by atoms with Gasteiger partial charge < -0.3 is 10.2 Å². The highest BCUT2D eigenvalue weighted by Crippen LogP contribution is 2.13. The molecule has 1 N–H and O–H groups in total. The van der Waals surface area contributed by atoms with Crippen LogP contribution >= 0.6 is 11.3 Å². The number of hydrogen-bond donors (Lipinski definition) is 1. The first-order valence-corrected chi connectivity index (χ1v) is 10.0. The van der Waals surface area contributed by atoms with E-state index in [-0.39, 0.29) is 17.4 Å². The van der Waals surface area contributed by atoms with Crippen LogP contribution in [0.25, 0.3) is 0 Å². The van der Waals surface area contributed by atoms with Crippen molar-refractivity contribution < 1.29 is 9.59 Å². The highest BCUT2D eigenvalue weighted by Gasteiger charge is 2.21. The molecule has 1 fully saturated rings. The number of amides is 2. The Labute approximate surface area is 155 Å². The fraction of sp³-hybridized carbons (Fsp3) is 0.684. The Hall–Kier alpha value is -1.40. The van der Waals surface area contributed by atoms with Gasteiger partial charge in [0, 0.05) is 43.0 Å². The summed E-state index contributed by atoms with van der Waals surface area (Å²) in [6.45, 7) is 9.55. The number of carbonyl (C=O) groups is 2. The van der Waals surface area contributed by atoms with E-state index in [0.29, 0.717) is 13.0 Å². The van der Waals surface area contributed by atoms with Crippen LogP contribution in [0.5, 0.6) is 0 Å². The van der Waals surface area contributed by atoms with E-state index in [4.69, 9.17) is 0 Å². The third kappa shape index (κ3) is 7.57. The summed E-state index contributed by atoms with van der Waals surface area (Å²) in [5.74, 6) is 0.306. The molecule has 1 saturated heterocycles. The van der Waals surface area contributed by atoms with Crippen LogP contribution in [0.1, 0.15) is 44.9 Å². The van der Waals surface area contributed by atoms with E-state index in [1.165, 1.54) is 4.88 Å². The molecule has 5 nitrogen and oxygen atoms in total. The molecule has 0 atom stereocenters. The second-order valence-electron chi connectivity index (χ2n) is 7.74. The molecule has 0 radical (unpaired) electrons. The average molecular weight is 366 g/mol. The normalized spacial score (nSPS) is 16.5. The maximum Gasteiger partial charge on any atom is 0.234 e. The van der Waals surface area contributed by atoms with Gasteiger partial charge in [-0.05, 0) is 51.5 Å². The van der Waals surface area contributed by atoms with Gasteiger partial charge in [-0.2, -0.15) is 0 Å². The molecule has 1 aliphatic heterocycles. The van der Waals surface area contributed by atoms with Gasteiger partial charge in [-0.1, -0.05) is 6.07 Å². The summed E-state index contributed by atoms with van der Waals surface area (Å²) in [4.78, 5) is 30.0. The van der Waals surface area contributed by atoms with Crippen LogP contribution in [0.3, 0.4) is 0 Å². The van der Waals surface area contributed by atoms with Crippen LogP contribution < -0.4 is 5.32 Å². The molecule has 2 heterocycles. The third-order valence-corrected chi connectivity index (χ3v) is 5.15. The van der Waals surface area contributed by atoms with E-state index in [1.54, 1.807) is 11.3 Å². The van der Waals surface area contributed by atoms with Gasteiger partial charge in [0.05, 0.1) is 6.54 Å². The van der Waals surface area contributed by atoms with Gasteiger partial charge in [-0.15, -0.1) is 11.3 Å². The van der Waals surface area contributed by atoms with E-state index in [1.807, 2.05) is 25.7 Å². The van der Waals surface area contributed by atoms with Crippen molar-refractivity contribution in [2.24, 2.45) is 0 Å². The monoisotopic (exact) mass is 365 g/mol. The molecule has 1 aromatic rings. The molecule has 6 heteroatoms. The Bertz CT molecular complexity index is 552. The van der Waals surface area contributed by atoms with E-state index < -0.39 is 0 Å². The topological polar surface area (TPSA) is 52.7 Å². The Morgan fingerprint density at radius 1 is 1.20 bits per heavy atom. The van der Waals surface area contributed by atoms with Gasteiger partial charge >= 0.3 is 0 Å². The van der Waals surface area contributed by atoms with Crippen LogP contribution in [-0.2, 0) is 16.0 Å². The van der Waals surface area contributed by atoms with Crippen molar-refractivity contribution >= 4 is 23.2 Å². The highest BCUT2D eigenvalue weighted by molar-refractivity contribution is 7.09. The quantitative estimate of drug-likeness (QED) is 0.843. The summed E-state index contributed by atoms with van der Waals surface area (Å²) in [5.41, 5.74) is -0.201. The Kier molecular flexibility index (Phi) is 7.44. The second kappa shape index (κ2) is 9.34. The van der Waals surface area contributed by atoms with E-state index in [9.17, 15) is 9.59 Å². The van der Waals surface area contributed by atoms with Crippen LogP contribution in [0.2, 0.25) is 0 Å². The lowest BCUT2D eigenvalue weighted by Crippen LogP contribution is -2.46. The zero-order valence-corrected chi connectivity index (χ0v) is 16.5. The van der Waals surface area contributed by atoms with Gasteiger partial charge in [-0.3, -0.25) is 14.5 Å². The molecule has 0 aromatic carbocycles. The zero-order valence-electron chi connectivity index (χ0n) is 15.7. The Balaban J connectivity index is 1.70. The largest absolute Gasteiger partial charge is 0.350 e. The number of aryl methyl sites for hydroxylation is 1. The Morgan fingerprint density at radius 2 is 2.00 bits per heavy atom. The fourth-order valence-corrected chi connectivity index (χ4v) is 3.82. The van der Waals surface area contributed by atoms with E-state index >= 15 is 0 Å². The summed E-state index contributed by atoms with van der Waals surface area (Å²) in [5, 5.41) is 5.08. The predicted octanol–water partition coefficient (Wildman–Crippen LogP) is 2.52. The van der Waals surface area contributed by atoms with Gasteiger partial charge in [0.25, 0.3) is 0 Å². The van der Waals surface area contributed by atoms with Gasteiger partial charge in [0.2, 0.25) is 11.8 Å². The van der Waals surface area contributed by atoms with Crippen molar-refractivity contribution in [3.05, 3.63) is 22.4 Å². The number of carbonyl (C=O) groups excluding carboxylic acids is 2. The van der Waals surface area contributed by atoms with Crippen LogP contribution in [0.4, 0.5) is 0 Å². The van der Waals surface area contributed by atoms with Crippen molar-refractivity contribution in [2.45, 2.75) is 52.0 Å². The maximum absolute atomic E-state index is 12.4. The smallest absolute Gasteiger partial charge is 0.234 e. The molecule has 0 bridgehead atoms. The third-order valence-electron chi connectivity index (χ3n) is 4.22. The van der Waals surface area contributed by atoms with Crippen LogP contribution in [0.15, 0.2) is 17.5 Å². The molecule has 0 aliphatic carbocycles. The first kappa shape index (κ1) is 19.9. The minimum absolute atomic E-state index is 0.0585. The maximum atomic E-state index is 12.4. The molecule has 0 spiro atoms. The first-order valence-electron chi connectivity index (χ1n) is 9.17. The van der Waals surface area contributed by atoms with Crippen molar-refractivity contribution in [3.8, 4) is 0 Å². The van der Waals surface area contributed by atoms with Crippen LogP contribution in [-0.4, -0.2) is 59.9 Å². The molecule has 140 valence electrons. The second-order valence-corrected chi connectivity index (χ2v) is 8.77. The van der Waals surface area contributed by atoms with E-state index in [2.05, 4.69) is 27.7 Å². The summed E-state index contributed by atoms with van der Waals surface area (Å²) in [7, 11) is 0. The number of thiophene rings is 1. The lowest BCUT2D eigenvalue weighted by molar-refractivity contribution is -0.131. The van der Waals surface area contributed by atoms with Gasteiger partial charge in [0.1, 0.15) is 0 Å². The molecule has 1 aromatic heterocycles. The summed E-state index contributed by atoms with van der Waals surface area (Å²) in [6.07, 6.45) is 3.44. The van der Waals surface area contributed by atoms with Crippen molar-refractivity contribution in [3.63, 3.8) is 0 Å². The molecule has 1 aliphatic rings. The lowest BCUT2D eigenvalue weighted by Gasteiger charge is -2.25. The average Bonchev–Trinajstić information content (AvgIpc) is 2.91.